The first-order valence-corrected chi connectivity index (χ1v) is 7.89. The summed E-state index contributed by atoms with van der Waals surface area (Å²) in [4.78, 5) is 8.01. The molecular formula is C15H23ClN4O4. The molecule has 134 valence electrons. The maximum Gasteiger partial charge on any atom is 0.157 e. The third-order valence-electron chi connectivity index (χ3n) is 3.74. The van der Waals surface area contributed by atoms with E-state index in [0.29, 0.717) is 24.7 Å². The summed E-state index contributed by atoms with van der Waals surface area (Å²) in [5.74, 6) is 0.804. The summed E-state index contributed by atoms with van der Waals surface area (Å²) in [5.41, 5.74) is 6.25. The van der Waals surface area contributed by atoms with Gasteiger partial charge < -0.3 is 30.0 Å². The molecule has 0 unspecified atom stereocenters. The van der Waals surface area contributed by atoms with Gasteiger partial charge in [0.1, 0.15) is 25.6 Å². The van der Waals surface area contributed by atoms with Crippen molar-refractivity contribution in [3.05, 3.63) is 23.6 Å². The van der Waals surface area contributed by atoms with Gasteiger partial charge in [0, 0.05) is 26.1 Å². The molecule has 0 amide bonds. The smallest absolute Gasteiger partial charge is 0.157 e. The number of methoxy groups -OCH3 is 2. The van der Waals surface area contributed by atoms with Gasteiger partial charge in [-0.05, 0) is 0 Å². The van der Waals surface area contributed by atoms with Crippen LogP contribution in [0.1, 0.15) is 0 Å². The van der Waals surface area contributed by atoms with Gasteiger partial charge in [-0.3, -0.25) is 0 Å². The van der Waals surface area contributed by atoms with E-state index in [-0.39, 0.29) is 36.6 Å². The standard InChI is InChI=1S/C15H23ClN4O4/c1-21-8-23-5-10-3-4-12(11(10)6-24-9-22-2)20-15-13(17)14(16)18-7-19-15/h3-4,7,10-12H,5-6,8-9,17H2,1-2H3,(H,18,19,20)/t10-,11-,12-/m1/s1. The lowest BCUT2D eigenvalue weighted by molar-refractivity contribution is -0.0664. The summed E-state index contributed by atoms with van der Waals surface area (Å²) in [6, 6.07) is -0.0220. The van der Waals surface area contributed by atoms with Crippen LogP contribution in [0.5, 0.6) is 0 Å². The molecule has 8 nitrogen and oxygen atoms in total. The molecule has 0 fully saturated rings. The number of ether oxygens (including phenoxy) is 4. The van der Waals surface area contributed by atoms with Crippen LogP contribution in [0.15, 0.2) is 18.5 Å². The van der Waals surface area contributed by atoms with Crippen LogP contribution in [0, 0.1) is 11.8 Å². The molecule has 0 aliphatic heterocycles. The largest absolute Gasteiger partial charge is 0.393 e. The Balaban J connectivity index is 2.03. The third kappa shape index (κ3) is 5.02. The van der Waals surface area contributed by atoms with Gasteiger partial charge in [-0.2, -0.15) is 0 Å². The maximum absolute atomic E-state index is 5.94. The lowest BCUT2D eigenvalue weighted by Gasteiger charge is -2.26. The van der Waals surface area contributed by atoms with E-state index in [0.717, 1.165) is 0 Å². The minimum atomic E-state index is -0.0220. The molecule has 0 saturated heterocycles. The Labute approximate surface area is 146 Å². The van der Waals surface area contributed by atoms with Crippen LogP contribution < -0.4 is 11.1 Å². The number of nitrogens with zero attached hydrogens (tertiary/aromatic N) is 2. The van der Waals surface area contributed by atoms with Crippen LogP contribution in [-0.4, -0.2) is 57.0 Å². The van der Waals surface area contributed by atoms with E-state index in [1.807, 2.05) is 0 Å². The zero-order chi connectivity index (χ0) is 17.4. The Kier molecular flexibility index (Phi) is 7.67. The summed E-state index contributed by atoms with van der Waals surface area (Å²) in [7, 11) is 3.18. The highest BCUT2D eigenvalue weighted by atomic mass is 35.5. The summed E-state index contributed by atoms with van der Waals surface area (Å²) in [5, 5.41) is 3.52. The van der Waals surface area contributed by atoms with Crippen molar-refractivity contribution < 1.29 is 18.9 Å². The van der Waals surface area contributed by atoms with Crippen LogP contribution in [0.4, 0.5) is 11.5 Å². The first-order valence-electron chi connectivity index (χ1n) is 7.51. The Morgan fingerprint density at radius 3 is 2.54 bits per heavy atom. The van der Waals surface area contributed by atoms with E-state index >= 15 is 0 Å². The molecule has 2 rings (SSSR count). The lowest BCUT2D eigenvalue weighted by atomic mass is 9.94. The van der Waals surface area contributed by atoms with Crippen molar-refractivity contribution in [1.82, 2.24) is 9.97 Å². The van der Waals surface area contributed by atoms with E-state index in [1.54, 1.807) is 14.2 Å². The third-order valence-corrected chi connectivity index (χ3v) is 4.04. The molecule has 1 aliphatic carbocycles. The van der Waals surface area contributed by atoms with E-state index < -0.39 is 0 Å². The number of rotatable bonds is 10. The summed E-state index contributed by atoms with van der Waals surface area (Å²) < 4.78 is 20.9. The second-order valence-electron chi connectivity index (χ2n) is 5.36. The quantitative estimate of drug-likeness (QED) is 0.281. The highest BCUT2D eigenvalue weighted by Crippen LogP contribution is 2.31. The zero-order valence-corrected chi connectivity index (χ0v) is 14.5. The summed E-state index contributed by atoms with van der Waals surface area (Å²) >= 11 is 5.94. The van der Waals surface area contributed by atoms with Gasteiger partial charge in [-0.15, -0.1) is 0 Å². The van der Waals surface area contributed by atoms with Crippen LogP contribution >= 0.6 is 11.6 Å². The molecule has 0 saturated carbocycles. The molecule has 0 spiro atoms. The maximum atomic E-state index is 5.94. The minimum absolute atomic E-state index is 0.0220. The van der Waals surface area contributed by atoms with E-state index in [9.17, 15) is 0 Å². The van der Waals surface area contributed by atoms with Crippen molar-refractivity contribution in [2.24, 2.45) is 11.8 Å². The second-order valence-corrected chi connectivity index (χ2v) is 5.72. The van der Waals surface area contributed by atoms with E-state index in [1.165, 1.54) is 6.33 Å². The van der Waals surface area contributed by atoms with Crippen molar-refractivity contribution in [2.75, 3.05) is 52.1 Å². The van der Waals surface area contributed by atoms with Gasteiger partial charge in [-0.25, -0.2) is 9.97 Å². The fraction of sp³-hybridized carbons (Fsp3) is 0.600. The first-order chi connectivity index (χ1) is 11.7. The predicted molar refractivity (Wildman–Crippen MR) is 90.6 cm³/mol. The molecule has 0 aromatic carbocycles. The van der Waals surface area contributed by atoms with Gasteiger partial charge >= 0.3 is 0 Å². The highest BCUT2D eigenvalue weighted by Gasteiger charge is 2.32. The molecule has 3 atom stereocenters. The molecule has 1 aliphatic rings. The molecule has 9 heteroatoms. The number of halogens is 1. The number of hydrogen-bond donors (Lipinski definition) is 2. The van der Waals surface area contributed by atoms with Crippen molar-refractivity contribution in [2.45, 2.75) is 6.04 Å². The summed E-state index contributed by atoms with van der Waals surface area (Å²) in [6.07, 6.45) is 5.51. The lowest BCUT2D eigenvalue weighted by Crippen LogP contribution is -2.34. The first kappa shape index (κ1) is 18.9. The van der Waals surface area contributed by atoms with Crippen molar-refractivity contribution in [1.29, 1.82) is 0 Å². The topological polar surface area (TPSA) is 101 Å². The van der Waals surface area contributed by atoms with E-state index in [4.69, 9.17) is 36.3 Å². The van der Waals surface area contributed by atoms with Gasteiger partial charge in [-0.1, -0.05) is 23.8 Å². The Hall–Kier alpha value is -1.45. The molecule has 1 aromatic heterocycles. The Morgan fingerprint density at radius 2 is 1.83 bits per heavy atom. The van der Waals surface area contributed by atoms with E-state index in [2.05, 4.69) is 27.4 Å². The second kappa shape index (κ2) is 9.75. The fourth-order valence-electron chi connectivity index (χ4n) is 2.56. The number of nitrogen functional groups attached to an aromatic ring is 1. The molecule has 3 N–H and O–H groups in total. The van der Waals surface area contributed by atoms with Crippen molar-refractivity contribution in [3.8, 4) is 0 Å². The average Bonchev–Trinajstić information content (AvgIpc) is 2.94. The Morgan fingerprint density at radius 1 is 1.12 bits per heavy atom. The molecule has 1 heterocycles. The number of nitrogens with one attached hydrogen (secondary N) is 1. The number of anilines is 2. The highest BCUT2D eigenvalue weighted by molar-refractivity contribution is 6.32. The van der Waals surface area contributed by atoms with Crippen LogP contribution in [-0.2, 0) is 18.9 Å². The van der Waals surface area contributed by atoms with Gasteiger partial charge in [0.15, 0.2) is 11.0 Å². The molecule has 24 heavy (non-hydrogen) atoms. The van der Waals surface area contributed by atoms with Gasteiger partial charge in [0.25, 0.3) is 0 Å². The zero-order valence-electron chi connectivity index (χ0n) is 13.8. The van der Waals surface area contributed by atoms with Gasteiger partial charge in [0.2, 0.25) is 0 Å². The fourth-order valence-corrected chi connectivity index (χ4v) is 2.69. The number of aromatic nitrogens is 2. The minimum Gasteiger partial charge on any atom is -0.393 e. The molecule has 1 aromatic rings. The molecule has 0 bridgehead atoms. The molecule has 0 radical (unpaired) electrons. The molecular weight excluding hydrogens is 336 g/mol. The average molecular weight is 359 g/mol. The Bertz CT molecular complexity index is 546. The SMILES string of the molecule is COCOC[C@@H]1[C@@H](COCOC)C=C[C@H]1Nc1ncnc(Cl)c1N. The van der Waals surface area contributed by atoms with Crippen LogP contribution in [0.3, 0.4) is 0 Å². The number of hydrogen-bond acceptors (Lipinski definition) is 8. The van der Waals surface area contributed by atoms with Crippen molar-refractivity contribution >= 4 is 23.1 Å². The van der Waals surface area contributed by atoms with Gasteiger partial charge in [0.05, 0.1) is 19.3 Å². The van der Waals surface area contributed by atoms with Crippen LogP contribution in [0.2, 0.25) is 5.15 Å². The number of nitrogens with two attached hydrogens (primary N) is 1. The van der Waals surface area contributed by atoms with Crippen LogP contribution in [0.25, 0.3) is 0 Å². The monoisotopic (exact) mass is 358 g/mol. The summed E-state index contributed by atoms with van der Waals surface area (Å²) in [6.45, 7) is 1.51. The normalized spacial score (nSPS) is 22.9. The predicted octanol–water partition coefficient (Wildman–Crippen LogP) is 1.54. The van der Waals surface area contributed by atoms with Crippen molar-refractivity contribution in [3.63, 3.8) is 0 Å².